The van der Waals surface area contributed by atoms with E-state index in [9.17, 15) is 17.2 Å². The highest BCUT2D eigenvalue weighted by atomic mass is 32.2. The molecule has 1 fully saturated rings. The number of hydrogen-bond acceptors (Lipinski definition) is 2. The molecule has 6 heteroatoms. The summed E-state index contributed by atoms with van der Waals surface area (Å²) in [5, 5.41) is 0. The maximum absolute atomic E-state index is 13.6. The highest BCUT2D eigenvalue weighted by Crippen LogP contribution is 2.47. The quantitative estimate of drug-likeness (QED) is 0.831. The normalized spacial score (nSPS) is 16.1. The van der Waals surface area contributed by atoms with E-state index >= 15 is 0 Å². The van der Waals surface area contributed by atoms with Gasteiger partial charge < -0.3 is 0 Å². The van der Waals surface area contributed by atoms with Crippen molar-refractivity contribution in [2.75, 3.05) is 6.54 Å². The maximum Gasteiger partial charge on any atom is 0.216 e. The van der Waals surface area contributed by atoms with Crippen LogP contribution in [-0.4, -0.2) is 15.0 Å². The molecule has 0 saturated heterocycles. The monoisotopic (exact) mass is 351 g/mol. The summed E-state index contributed by atoms with van der Waals surface area (Å²) in [7, 11) is -3.80. The van der Waals surface area contributed by atoms with Crippen molar-refractivity contribution in [1.29, 1.82) is 0 Å². The zero-order valence-corrected chi connectivity index (χ0v) is 14.0. The molecule has 0 unspecified atom stereocenters. The van der Waals surface area contributed by atoms with Gasteiger partial charge in [0.1, 0.15) is 11.6 Å². The molecule has 0 atom stereocenters. The third-order valence-electron chi connectivity index (χ3n) is 4.44. The summed E-state index contributed by atoms with van der Waals surface area (Å²) in [4.78, 5) is 0. The van der Waals surface area contributed by atoms with E-state index < -0.39 is 33.0 Å². The molecule has 1 saturated carbocycles. The van der Waals surface area contributed by atoms with Gasteiger partial charge in [0.2, 0.25) is 10.0 Å². The lowest BCUT2D eigenvalue weighted by Crippen LogP contribution is -2.32. The zero-order chi connectivity index (χ0) is 17.2. The summed E-state index contributed by atoms with van der Waals surface area (Å²) < 4.78 is 54.1. The predicted octanol–water partition coefficient (Wildman–Crippen LogP) is 3.41. The molecule has 1 aliphatic rings. The van der Waals surface area contributed by atoms with Crippen molar-refractivity contribution in [3.05, 3.63) is 71.3 Å². The van der Waals surface area contributed by atoms with Crippen molar-refractivity contribution >= 4 is 10.0 Å². The van der Waals surface area contributed by atoms with Gasteiger partial charge in [0, 0.05) is 12.1 Å². The van der Waals surface area contributed by atoms with Gasteiger partial charge in [-0.05, 0) is 42.4 Å². The first-order valence-electron chi connectivity index (χ1n) is 7.83. The molecule has 2 aromatic carbocycles. The van der Waals surface area contributed by atoms with Gasteiger partial charge >= 0.3 is 0 Å². The number of benzene rings is 2. The third-order valence-corrected chi connectivity index (χ3v) is 5.70. The highest BCUT2D eigenvalue weighted by molar-refractivity contribution is 7.88. The van der Waals surface area contributed by atoms with Crippen molar-refractivity contribution in [1.82, 2.24) is 4.72 Å². The lowest BCUT2D eigenvalue weighted by atomic mass is 9.97. The van der Waals surface area contributed by atoms with Crippen LogP contribution in [0.2, 0.25) is 0 Å². The number of hydrogen-bond donors (Lipinski definition) is 1. The summed E-state index contributed by atoms with van der Waals surface area (Å²) in [5.41, 5.74) is 0.662. The summed E-state index contributed by atoms with van der Waals surface area (Å²) in [6.07, 6.45) is 2.68. The lowest BCUT2D eigenvalue weighted by Gasteiger charge is -2.16. The summed E-state index contributed by atoms with van der Waals surface area (Å²) in [6, 6.07) is 13.2. The molecule has 1 N–H and O–H groups in total. The van der Waals surface area contributed by atoms with Gasteiger partial charge in [0.15, 0.2) is 0 Å². The van der Waals surface area contributed by atoms with E-state index in [4.69, 9.17) is 0 Å². The smallest absolute Gasteiger partial charge is 0.214 e. The minimum absolute atomic E-state index is 0.0812. The second-order valence-electron chi connectivity index (χ2n) is 6.44. The van der Waals surface area contributed by atoms with E-state index in [1.807, 2.05) is 30.3 Å². The second kappa shape index (κ2) is 6.61. The molecule has 0 amide bonds. The Balaban J connectivity index is 1.63. The van der Waals surface area contributed by atoms with Crippen LogP contribution in [0, 0.1) is 17.0 Å². The van der Waals surface area contributed by atoms with Crippen LogP contribution in [0.15, 0.2) is 48.5 Å². The Morgan fingerprint density at radius 3 is 2.17 bits per heavy atom. The molecule has 0 bridgehead atoms. The van der Waals surface area contributed by atoms with E-state index in [1.165, 1.54) is 6.07 Å². The van der Waals surface area contributed by atoms with Gasteiger partial charge in [-0.2, -0.15) is 0 Å². The third kappa shape index (κ3) is 4.19. The Morgan fingerprint density at radius 2 is 1.58 bits per heavy atom. The molecular formula is C18H19F2NO2S. The topological polar surface area (TPSA) is 46.2 Å². The number of halogens is 2. The highest BCUT2D eigenvalue weighted by Gasteiger charge is 2.43. The van der Waals surface area contributed by atoms with Crippen LogP contribution in [0.25, 0.3) is 0 Å². The van der Waals surface area contributed by atoms with Crippen molar-refractivity contribution < 1.29 is 17.2 Å². The van der Waals surface area contributed by atoms with Crippen LogP contribution in [0.3, 0.4) is 0 Å². The van der Waals surface area contributed by atoms with Crippen molar-refractivity contribution in [3.63, 3.8) is 0 Å². The lowest BCUT2D eigenvalue weighted by molar-refractivity contribution is 0.486. The van der Waals surface area contributed by atoms with Crippen LogP contribution < -0.4 is 4.72 Å². The summed E-state index contributed by atoms with van der Waals surface area (Å²) in [5.74, 6) is -2.37. The molecule has 0 heterocycles. The Bertz CT molecular complexity index is 798. The number of nitrogens with one attached hydrogen (secondary N) is 1. The van der Waals surface area contributed by atoms with Gasteiger partial charge in [0.05, 0.1) is 5.75 Å². The van der Waals surface area contributed by atoms with E-state index in [0.29, 0.717) is 6.54 Å². The van der Waals surface area contributed by atoms with Crippen molar-refractivity contribution in [2.45, 2.75) is 25.0 Å². The number of rotatable bonds is 7. The fourth-order valence-electron chi connectivity index (χ4n) is 2.80. The predicted molar refractivity (Wildman–Crippen MR) is 88.8 cm³/mol. The van der Waals surface area contributed by atoms with Gasteiger partial charge in [-0.3, -0.25) is 0 Å². The average molecular weight is 351 g/mol. The molecule has 0 radical (unpaired) electrons. The van der Waals surface area contributed by atoms with E-state index in [-0.39, 0.29) is 5.41 Å². The molecule has 2 aromatic rings. The molecule has 1 aliphatic carbocycles. The van der Waals surface area contributed by atoms with Crippen molar-refractivity contribution in [2.24, 2.45) is 5.41 Å². The minimum Gasteiger partial charge on any atom is -0.214 e. The van der Waals surface area contributed by atoms with Crippen LogP contribution in [0.4, 0.5) is 8.78 Å². The molecule has 0 aliphatic heterocycles. The second-order valence-corrected chi connectivity index (χ2v) is 8.25. The largest absolute Gasteiger partial charge is 0.216 e. The van der Waals surface area contributed by atoms with Crippen LogP contribution in [0.1, 0.15) is 24.0 Å². The zero-order valence-electron chi connectivity index (χ0n) is 13.1. The van der Waals surface area contributed by atoms with E-state index in [2.05, 4.69) is 4.72 Å². The molecule has 24 heavy (non-hydrogen) atoms. The molecule has 3 nitrogen and oxygen atoms in total. The van der Waals surface area contributed by atoms with E-state index in [1.54, 1.807) is 0 Å². The number of sulfonamides is 1. The van der Waals surface area contributed by atoms with E-state index in [0.717, 1.165) is 37.0 Å². The molecule has 128 valence electrons. The maximum atomic E-state index is 13.6. The fourth-order valence-corrected chi connectivity index (χ4v) is 4.08. The van der Waals surface area contributed by atoms with Crippen LogP contribution >= 0.6 is 0 Å². The molecule has 0 spiro atoms. The molecular weight excluding hydrogens is 332 g/mol. The molecule has 3 rings (SSSR count). The van der Waals surface area contributed by atoms with Gasteiger partial charge in [0.25, 0.3) is 0 Å². The first-order chi connectivity index (χ1) is 11.4. The van der Waals surface area contributed by atoms with Gasteiger partial charge in [-0.1, -0.05) is 36.4 Å². The SMILES string of the molecule is O=S(=O)(Cc1c(F)cccc1F)NCC1(Cc2ccccc2)CC1. The van der Waals surface area contributed by atoms with Gasteiger partial charge in [-0.15, -0.1) is 0 Å². The minimum atomic E-state index is -3.80. The van der Waals surface area contributed by atoms with Crippen molar-refractivity contribution in [3.8, 4) is 0 Å². The Kier molecular flexibility index (Phi) is 4.69. The average Bonchev–Trinajstić information content (AvgIpc) is 3.31. The fraction of sp³-hybridized carbons (Fsp3) is 0.333. The summed E-state index contributed by atoms with van der Waals surface area (Å²) in [6.45, 7) is 0.292. The van der Waals surface area contributed by atoms with Crippen LogP contribution in [-0.2, 0) is 22.2 Å². The van der Waals surface area contributed by atoms with Crippen LogP contribution in [0.5, 0.6) is 0 Å². The Hall–Kier alpha value is -1.79. The standard InChI is InChI=1S/C18H19F2NO2S/c19-16-7-4-8-17(20)15(16)12-24(22,23)21-13-18(9-10-18)11-14-5-2-1-3-6-14/h1-8,21H,9-13H2. The molecule has 0 aromatic heterocycles. The van der Waals surface area contributed by atoms with Gasteiger partial charge in [-0.25, -0.2) is 21.9 Å². The Labute approximate surface area is 140 Å². The Morgan fingerprint density at radius 1 is 0.958 bits per heavy atom. The summed E-state index contributed by atoms with van der Waals surface area (Å²) >= 11 is 0. The first kappa shape index (κ1) is 17.0. The first-order valence-corrected chi connectivity index (χ1v) is 9.49.